The molecule has 1 amide bonds. The first-order valence-corrected chi connectivity index (χ1v) is 8.99. The Labute approximate surface area is 149 Å². The molecule has 1 saturated heterocycles. The van der Waals surface area contributed by atoms with Crippen molar-refractivity contribution in [2.45, 2.75) is 38.4 Å². The average molecular weight is 338 g/mol. The molecule has 0 bridgehead atoms. The van der Waals surface area contributed by atoms with Gasteiger partial charge in [0.05, 0.1) is 12.7 Å². The van der Waals surface area contributed by atoms with Crippen LogP contribution >= 0.6 is 0 Å². The van der Waals surface area contributed by atoms with E-state index in [1.165, 1.54) is 5.56 Å². The van der Waals surface area contributed by atoms with Gasteiger partial charge >= 0.3 is 0 Å². The second-order valence-corrected chi connectivity index (χ2v) is 6.58. The number of amides is 1. The number of piperidine rings is 1. The number of ether oxygens (including phenoxy) is 1. The van der Waals surface area contributed by atoms with Gasteiger partial charge in [-0.2, -0.15) is 0 Å². The number of likely N-dealkylation sites (tertiary alicyclic amines) is 1. The van der Waals surface area contributed by atoms with Crippen LogP contribution in [-0.4, -0.2) is 30.0 Å². The number of carbonyl (C=O) groups is 1. The van der Waals surface area contributed by atoms with E-state index in [0.29, 0.717) is 19.4 Å². The highest BCUT2D eigenvalue weighted by atomic mass is 16.5. The number of rotatable bonds is 6. The van der Waals surface area contributed by atoms with Gasteiger partial charge in [-0.25, -0.2) is 0 Å². The maximum Gasteiger partial charge on any atom is 0.222 e. The minimum atomic E-state index is 0.213. The SMILES string of the molecule is Nc1ccccc1CCC(=O)N1CCC(OCc2ccccc2)CC1. The van der Waals surface area contributed by atoms with Crippen LogP contribution in [0.3, 0.4) is 0 Å². The number of anilines is 1. The van der Waals surface area contributed by atoms with Crippen LogP contribution in [0, 0.1) is 0 Å². The molecule has 2 N–H and O–H groups in total. The predicted molar refractivity (Wildman–Crippen MR) is 100 cm³/mol. The van der Waals surface area contributed by atoms with Crippen molar-refractivity contribution in [1.29, 1.82) is 0 Å². The smallest absolute Gasteiger partial charge is 0.222 e. The quantitative estimate of drug-likeness (QED) is 0.821. The van der Waals surface area contributed by atoms with Gasteiger partial charge in [-0.05, 0) is 36.5 Å². The van der Waals surface area contributed by atoms with Crippen LogP contribution in [0.5, 0.6) is 0 Å². The molecular weight excluding hydrogens is 312 g/mol. The molecule has 1 fully saturated rings. The van der Waals surface area contributed by atoms with Crippen molar-refractivity contribution < 1.29 is 9.53 Å². The Morgan fingerprint density at radius 3 is 2.44 bits per heavy atom. The van der Waals surface area contributed by atoms with E-state index in [9.17, 15) is 4.79 Å². The van der Waals surface area contributed by atoms with Crippen molar-refractivity contribution in [2.24, 2.45) is 0 Å². The molecule has 132 valence electrons. The molecule has 4 heteroatoms. The number of para-hydroxylation sites is 1. The minimum absolute atomic E-state index is 0.213. The van der Waals surface area contributed by atoms with Crippen LogP contribution < -0.4 is 5.73 Å². The Kier molecular flexibility index (Phi) is 6.07. The average Bonchev–Trinajstić information content (AvgIpc) is 2.67. The second-order valence-electron chi connectivity index (χ2n) is 6.58. The number of nitrogen functional groups attached to an aromatic ring is 1. The Balaban J connectivity index is 1.39. The molecule has 1 aliphatic rings. The molecule has 25 heavy (non-hydrogen) atoms. The third-order valence-corrected chi connectivity index (χ3v) is 4.79. The van der Waals surface area contributed by atoms with Gasteiger partial charge in [0.25, 0.3) is 0 Å². The highest BCUT2D eigenvalue weighted by Gasteiger charge is 2.23. The fourth-order valence-corrected chi connectivity index (χ4v) is 3.22. The van der Waals surface area contributed by atoms with E-state index in [1.54, 1.807) is 0 Å². The van der Waals surface area contributed by atoms with E-state index in [0.717, 1.165) is 37.2 Å². The summed E-state index contributed by atoms with van der Waals surface area (Å²) in [6, 6.07) is 18.0. The highest BCUT2D eigenvalue weighted by molar-refractivity contribution is 5.76. The molecule has 1 aliphatic heterocycles. The van der Waals surface area contributed by atoms with Gasteiger partial charge in [0.2, 0.25) is 5.91 Å². The topological polar surface area (TPSA) is 55.6 Å². The van der Waals surface area contributed by atoms with Crippen molar-refractivity contribution in [1.82, 2.24) is 4.90 Å². The Morgan fingerprint density at radius 1 is 1.04 bits per heavy atom. The van der Waals surface area contributed by atoms with Gasteiger partial charge in [0, 0.05) is 25.2 Å². The second kappa shape index (κ2) is 8.67. The molecule has 0 aromatic heterocycles. The summed E-state index contributed by atoms with van der Waals surface area (Å²) in [5.41, 5.74) is 8.96. The summed E-state index contributed by atoms with van der Waals surface area (Å²) in [6.07, 6.45) is 3.28. The zero-order valence-corrected chi connectivity index (χ0v) is 14.6. The number of carbonyl (C=O) groups excluding carboxylic acids is 1. The van der Waals surface area contributed by atoms with Crippen molar-refractivity contribution in [3.8, 4) is 0 Å². The maximum atomic E-state index is 12.4. The molecule has 0 saturated carbocycles. The first kappa shape index (κ1) is 17.5. The zero-order valence-electron chi connectivity index (χ0n) is 14.6. The largest absolute Gasteiger partial charge is 0.399 e. The molecule has 1 heterocycles. The summed E-state index contributed by atoms with van der Waals surface area (Å²) in [6.45, 7) is 2.21. The third kappa shape index (κ3) is 5.07. The number of nitrogens with zero attached hydrogens (tertiary/aromatic N) is 1. The molecule has 0 radical (unpaired) electrons. The molecule has 0 atom stereocenters. The number of hydrogen-bond donors (Lipinski definition) is 1. The zero-order chi connectivity index (χ0) is 17.5. The number of aryl methyl sites for hydroxylation is 1. The Bertz CT molecular complexity index is 679. The molecule has 3 rings (SSSR count). The van der Waals surface area contributed by atoms with Gasteiger partial charge < -0.3 is 15.4 Å². The van der Waals surface area contributed by atoms with Crippen LogP contribution in [0.15, 0.2) is 54.6 Å². The number of hydrogen-bond acceptors (Lipinski definition) is 3. The van der Waals surface area contributed by atoms with Gasteiger partial charge in [-0.3, -0.25) is 4.79 Å². The van der Waals surface area contributed by atoms with E-state index in [4.69, 9.17) is 10.5 Å². The summed E-state index contributed by atoms with van der Waals surface area (Å²) in [5, 5.41) is 0. The van der Waals surface area contributed by atoms with Gasteiger partial charge in [0.1, 0.15) is 0 Å². The van der Waals surface area contributed by atoms with E-state index in [-0.39, 0.29) is 12.0 Å². The van der Waals surface area contributed by atoms with Crippen molar-refractivity contribution >= 4 is 11.6 Å². The molecule has 0 spiro atoms. The maximum absolute atomic E-state index is 12.4. The van der Waals surface area contributed by atoms with Crippen LogP contribution in [0.2, 0.25) is 0 Å². The molecule has 4 nitrogen and oxygen atoms in total. The summed E-state index contributed by atoms with van der Waals surface area (Å²) >= 11 is 0. The highest BCUT2D eigenvalue weighted by Crippen LogP contribution is 2.18. The normalized spacial score (nSPS) is 15.3. The van der Waals surface area contributed by atoms with E-state index in [2.05, 4.69) is 12.1 Å². The van der Waals surface area contributed by atoms with Crippen LogP contribution in [0.1, 0.15) is 30.4 Å². The lowest BCUT2D eigenvalue weighted by Gasteiger charge is -2.32. The minimum Gasteiger partial charge on any atom is -0.399 e. The van der Waals surface area contributed by atoms with Crippen molar-refractivity contribution in [3.05, 3.63) is 65.7 Å². The summed E-state index contributed by atoms with van der Waals surface area (Å²) < 4.78 is 5.99. The standard InChI is InChI=1S/C21H26N2O2/c22-20-9-5-4-8-18(20)10-11-21(24)23-14-12-19(13-15-23)25-16-17-6-2-1-3-7-17/h1-9,19H,10-16,22H2. The molecule has 0 unspecified atom stereocenters. The predicted octanol–water partition coefficient (Wildman–Crippen LogP) is 3.41. The monoisotopic (exact) mass is 338 g/mol. The van der Waals surface area contributed by atoms with Gasteiger partial charge in [-0.15, -0.1) is 0 Å². The van der Waals surface area contributed by atoms with E-state index < -0.39 is 0 Å². The Hall–Kier alpha value is -2.33. The Morgan fingerprint density at radius 2 is 1.72 bits per heavy atom. The summed E-state index contributed by atoms with van der Waals surface area (Å²) in [5.74, 6) is 0.213. The van der Waals surface area contributed by atoms with Gasteiger partial charge in [0.15, 0.2) is 0 Å². The third-order valence-electron chi connectivity index (χ3n) is 4.79. The fourth-order valence-electron chi connectivity index (χ4n) is 3.22. The lowest BCUT2D eigenvalue weighted by Crippen LogP contribution is -2.40. The summed E-state index contributed by atoms with van der Waals surface area (Å²) in [4.78, 5) is 14.4. The van der Waals surface area contributed by atoms with Crippen molar-refractivity contribution in [2.75, 3.05) is 18.8 Å². The lowest BCUT2D eigenvalue weighted by molar-refractivity contribution is -0.134. The fraction of sp³-hybridized carbons (Fsp3) is 0.381. The molecule has 2 aromatic rings. The lowest BCUT2D eigenvalue weighted by atomic mass is 10.0. The van der Waals surface area contributed by atoms with E-state index >= 15 is 0 Å². The van der Waals surface area contributed by atoms with E-state index in [1.807, 2.05) is 47.4 Å². The number of nitrogens with two attached hydrogens (primary N) is 1. The number of benzene rings is 2. The molecule has 2 aromatic carbocycles. The van der Waals surface area contributed by atoms with Crippen LogP contribution in [0.25, 0.3) is 0 Å². The van der Waals surface area contributed by atoms with Crippen molar-refractivity contribution in [3.63, 3.8) is 0 Å². The van der Waals surface area contributed by atoms with Gasteiger partial charge in [-0.1, -0.05) is 48.5 Å². The first-order chi connectivity index (χ1) is 12.2. The first-order valence-electron chi connectivity index (χ1n) is 8.99. The molecular formula is C21H26N2O2. The van der Waals surface area contributed by atoms with Crippen LogP contribution in [0.4, 0.5) is 5.69 Å². The van der Waals surface area contributed by atoms with Crippen LogP contribution in [-0.2, 0) is 22.6 Å². The summed E-state index contributed by atoms with van der Waals surface area (Å²) in [7, 11) is 0. The molecule has 0 aliphatic carbocycles.